The van der Waals surface area contributed by atoms with Gasteiger partial charge in [-0.15, -0.1) is 0 Å². The fraction of sp³-hybridized carbons (Fsp3) is 0.480. The van der Waals surface area contributed by atoms with E-state index in [1.54, 1.807) is 12.4 Å². The zero-order valence-electron chi connectivity index (χ0n) is 23.0. The molecule has 2 fully saturated rings. The van der Waals surface area contributed by atoms with Crippen molar-refractivity contribution in [3.8, 4) is 5.75 Å². The van der Waals surface area contributed by atoms with Crippen LogP contribution >= 0.6 is 0 Å². The Morgan fingerprint density at radius 1 is 0.933 bits per heavy atom. The standard InChI is InChI=1S/C19H23N3O2.3C2HF3O2/c1-15-4-2-5-17(21-15)10-22-9-16-11-23-13-19(16,12-22)14-24-18-6-3-7-20-8-18;3*3-2(4,5)1(6)7/h2-8,16H,9-14H2,1H3;3*(H,6,7)/t16-,19+;;;/m1.../s1. The smallest absolute Gasteiger partial charge is 0.490 e. The number of aryl methyl sites for hydroxylation is 1. The van der Waals surface area contributed by atoms with Crippen molar-refractivity contribution in [3.05, 3.63) is 54.1 Å². The Morgan fingerprint density at radius 3 is 1.91 bits per heavy atom. The summed E-state index contributed by atoms with van der Waals surface area (Å²) in [6.07, 6.45) is -11.7. The molecule has 4 heterocycles. The summed E-state index contributed by atoms with van der Waals surface area (Å²) in [5.41, 5.74) is 2.30. The van der Waals surface area contributed by atoms with Gasteiger partial charge in [0.2, 0.25) is 0 Å². The number of rotatable bonds is 5. The molecule has 4 rings (SSSR count). The molecule has 2 aliphatic rings. The molecule has 20 heteroatoms. The average Bonchev–Trinajstić information content (AvgIpc) is 3.44. The molecule has 2 aromatic rings. The highest BCUT2D eigenvalue weighted by atomic mass is 19.4. The Morgan fingerprint density at radius 2 is 1.47 bits per heavy atom. The highest BCUT2D eigenvalue weighted by Gasteiger charge is 2.51. The molecule has 0 spiro atoms. The number of fused-ring (bicyclic) bond motifs is 1. The van der Waals surface area contributed by atoms with Crippen LogP contribution in [0.1, 0.15) is 11.4 Å². The number of carbonyl (C=O) groups is 3. The summed E-state index contributed by atoms with van der Waals surface area (Å²) in [6, 6.07) is 10.1. The Hall–Kier alpha value is -4.20. The van der Waals surface area contributed by atoms with Crippen LogP contribution in [0.25, 0.3) is 0 Å². The maximum absolute atomic E-state index is 10.6. The predicted molar refractivity (Wildman–Crippen MR) is 132 cm³/mol. The Bertz CT molecular complexity index is 1200. The number of hydrogen-bond acceptors (Lipinski definition) is 8. The van der Waals surface area contributed by atoms with Gasteiger partial charge >= 0.3 is 36.4 Å². The summed E-state index contributed by atoms with van der Waals surface area (Å²) in [6.45, 7) is 7.26. The number of carboxylic acid groups (broad SMARTS) is 3. The van der Waals surface area contributed by atoms with E-state index >= 15 is 0 Å². The number of nitrogens with zero attached hydrogens (tertiary/aromatic N) is 3. The number of pyridine rings is 2. The minimum atomic E-state index is -5.08. The van der Waals surface area contributed by atoms with Crippen molar-refractivity contribution in [3.63, 3.8) is 0 Å². The van der Waals surface area contributed by atoms with Gasteiger partial charge in [0, 0.05) is 42.9 Å². The van der Waals surface area contributed by atoms with Gasteiger partial charge in [-0.3, -0.25) is 14.9 Å². The van der Waals surface area contributed by atoms with Crippen LogP contribution in [0.4, 0.5) is 39.5 Å². The molecule has 0 amide bonds. The van der Waals surface area contributed by atoms with Crippen molar-refractivity contribution in [2.24, 2.45) is 11.3 Å². The second-order valence-corrected chi connectivity index (χ2v) is 9.40. The van der Waals surface area contributed by atoms with Crippen LogP contribution in [0.5, 0.6) is 5.75 Å². The lowest BCUT2D eigenvalue weighted by molar-refractivity contribution is -0.193. The zero-order valence-corrected chi connectivity index (χ0v) is 23.0. The number of carboxylic acids is 3. The lowest BCUT2D eigenvalue weighted by Gasteiger charge is -2.27. The first-order valence-electron chi connectivity index (χ1n) is 12.2. The van der Waals surface area contributed by atoms with E-state index in [0.717, 1.165) is 50.0 Å². The molecule has 0 saturated carbocycles. The zero-order chi connectivity index (χ0) is 34.6. The summed E-state index contributed by atoms with van der Waals surface area (Å²) in [5, 5.41) is 21.4. The summed E-state index contributed by atoms with van der Waals surface area (Å²) < 4.78 is 107. The normalized spacial score (nSPS) is 19.4. The third-order valence-corrected chi connectivity index (χ3v) is 5.81. The molecular weight excluding hydrogens is 641 g/mol. The van der Waals surface area contributed by atoms with E-state index in [4.69, 9.17) is 39.2 Å². The number of aromatic nitrogens is 2. The van der Waals surface area contributed by atoms with Crippen LogP contribution in [0.2, 0.25) is 0 Å². The van der Waals surface area contributed by atoms with Crippen molar-refractivity contribution < 1.29 is 78.7 Å². The molecule has 3 N–H and O–H groups in total. The van der Waals surface area contributed by atoms with Crippen molar-refractivity contribution in [1.29, 1.82) is 0 Å². The molecular formula is C25H26F9N3O8. The van der Waals surface area contributed by atoms with Crippen molar-refractivity contribution in [2.45, 2.75) is 32.0 Å². The third-order valence-electron chi connectivity index (χ3n) is 5.81. The summed E-state index contributed by atoms with van der Waals surface area (Å²) in [4.78, 5) is 37.9. The number of alkyl halides is 9. The highest BCUT2D eigenvalue weighted by molar-refractivity contribution is 5.73. The van der Waals surface area contributed by atoms with E-state index in [0.29, 0.717) is 12.5 Å². The first kappa shape index (κ1) is 38.8. The predicted octanol–water partition coefficient (Wildman–Crippen LogP) is 4.21. The van der Waals surface area contributed by atoms with Gasteiger partial charge in [0.25, 0.3) is 0 Å². The van der Waals surface area contributed by atoms with Gasteiger partial charge in [-0.05, 0) is 31.2 Å². The molecule has 2 saturated heterocycles. The lowest BCUT2D eigenvalue weighted by Crippen LogP contribution is -2.37. The van der Waals surface area contributed by atoms with Gasteiger partial charge in [-0.1, -0.05) is 6.07 Å². The number of halogens is 9. The van der Waals surface area contributed by atoms with E-state index in [-0.39, 0.29) is 5.41 Å². The topological polar surface area (TPSA) is 159 Å². The van der Waals surface area contributed by atoms with Crippen LogP contribution in [0.15, 0.2) is 42.7 Å². The fourth-order valence-electron chi connectivity index (χ4n) is 3.84. The third kappa shape index (κ3) is 14.0. The maximum Gasteiger partial charge on any atom is 0.490 e. The van der Waals surface area contributed by atoms with E-state index < -0.39 is 36.4 Å². The lowest BCUT2D eigenvalue weighted by atomic mass is 9.82. The molecule has 45 heavy (non-hydrogen) atoms. The van der Waals surface area contributed by atoms with Gasteiger partial charge in [-0.2, -0.15) is 39.5 Å². The summed E-state index contributed by atoms with van der Waals surface area (Å²) >= 11 is 0. The van der Waals surface area contributed by atoms with E-state index in [2.05, 4.69) is 27.0 Å². The second kappa shape index (κ2) is 16.2. The largest absolute Gasteiger partial charge is 0.491 e. The first-order chi connectivity index (χ1) is 20.6. The summed E-state index contributed by atoms with van der Waals surface area (Å²) in [7, 11) is 0. The minimum absolute atomic E-state index is 0.0830. The van der Waals surface area contributed by atoms with Gasteiger partial charge < -0.3 is 24.8 Å². The molecule has 0 radical (unpaired) electrons. The average molecular weight is 667 g/mol. The Balaban J connectivity index is 0.000000396. The van der Waals surface area contributed by atoms with Gasteiger partial charge in [-0.25, -0.2) is 14.4 Å². The summed E-state index contributed by atoms with van der Waals surface area (Å²) in [5.74, 6) is -6.91. The fourth-order valence-corrected chi connectivity index (χ4v) is 3.84. The second-order valence-electron chi connectivity index (χ2n) is 9.40. The number of aliphatic carboxylic acids is 3. The molecule has 2 aromatic heterocycles. The van der Waals surface area contributed by atoms with Crippen molar-refractivity contribution in [2.75, 3.05) is 32.9 Å². The number of likely N-dealkylation sites (tertiary alicyclic amines) is 1. The van der Waals surface area contributed by atoms with Gasteiger partial charge in [0.1, 0.15) is 5.75 Å². The van der Waals surface area contributed by atoms with E-state index in [9.17, 15) is 39.5 Å². The molecule has 252 valence electrons. The molecule has 11 nitrogen and oxygen atoms in total. The number of hydrogen-bond donors (Lipinski definition) is 3. The minimum Gasteiger partial charge on any atom is -0.491 e. The monoisotopic (exact) mass is 667 g/mol. The van der Waals surface area contributed by atoms with Crippen LogP contribution in [0, 0.1) is 18.3 Å². The van der Waals surface area contributed by atoms with Crippen LogP contribution in [-0.4, -0.2) is 99.5 Å². The molecule has 0 aromatic carbocycles. The van der Waals surface area contributed by atoms with Crippen LogP contribution in [-0.2, 0) is 25.7 Å². The van der Waals surface area contributed by atoms with Crippen LogP contribution in [0.3, 0.4) is 0 Å². The molecule has 0 unspecified atom stereocenters. The van der Waals surface area contributed by atoms with Gasteiger partial charge in [0.15, 0.2) is 0 Å². The van der Waals surface area contributed by atoms with Crippen LogP contribution < -0.4 is 4.74 Å². The first-order valence-corrected chi connectivity index (χ1v) is 12.2. The molecule has 2 atom stereocenters. The molecule has 0 bridgehead atoms. The quantitative estimate of drug-likeness (QED) is 0.392. The van der Waals surface area contributed by atoms with Crippen molar-refractivity contribution >= 4 is 17.9 Å². The van der Waals surface area contributed by atoms with E-state index in [1.165, 1.54) is 0 Å². The molecule has 0 aliphatic carbocycles. The Kier molecular flexibility index (Phi) is 14.0. The Labute approximate surface area is 248 Å². The highest BCUT2D eigenvalue weighted by Crippen LogP contribution is 2.42. The maximum atomic E-state index is 10.6. The molecule has 2 aliphatic heterocycles. The van der Waals surface area contributed by atoms with Gasteiger partial charge in [0.05, 0.1) is 31.7 Å². The SMILES string of the molecule is Cc1cccc(CN2C[C@@H]3COC[C@]3(COc3cccnc3)C2)n1.O=C(O)C(F)(F)F.O=C(O)C(F)(F)F.O=C(O)C(F)(F)F. The van der Waals surface area contributed by atoms with E-state index in [1.807, 2.05) is 25.1 Å². The van der Waals surface area contributed by atoms with Crippen molar-refractivity contribution in [1.82, 2.24) is 14.9 Å². The number of ether oxygens (including phenoxy) is 2.